The van der Waals surface area contributed by atoms with E-state index < -0.39 is 0 Å². The molecule has 1 heterocycles. The Balaban J connectivity index is 2.58. The highest BCUT2D eigenvalue weighted by Gasteiger charge is 2.15. The zero-order valence-corrected chi connectivity index (χ0v) is 13.1. The molecule has 0 amide bonds. The topological polar surface area (TPSA) is 63.8 Å². The molecule has 118 valence electrons. The molecule has 0 unspecified atom stereocenters. The third-order valence-electron chi connectivity index (χ3n) is 3.79. The number of fused-ring (bicyclic) bond motifs is 1. The Kier molecular flexibility index (Phi) is 5.58. The lowest BCUT2D eigenvalue weighted by molar-refractivity contribution is 0.321. The molecule has 1 N–H and O–H groups in total. The largest absolute Gasteiger partial charge is 0.495 e. The van der Waals surface area contributed by atoms with E-state index in [0.717, 1.165) is 42.8 Å². The molecule has 2 aromatic rings. The van der Waals surface area contributed by atoms with Gasteiger partial charge in [0.25, 0.3) is 5.56 Å². The Hall–Kier alpha value is -2.30. The first-order chi connectivity index (χ1) is 10.7. The van der Waals surface area contributed by atoms with Gasteiger partial charge >= 0.3 is 0 Å². The van der Waals surface area contributed by atoms with Gasteiger partial charge in [-0.1, -0.05) is 43.5 Å². The van der Waals surface area contributed by atoms with Crippen LogP contribution in [-0.4, -0.2) is 23.1 Å². The third kappa shape index (κ3) is 3.13. The molecule has 0 saturated carbocycles. The number of nitrogens with zero attached hydrogens (tertiary/aromatic N) is 2. The number of ether oxygens (including phenoxy) is 1. The quantitative estimate of drug-likeness (QED) is 0.369. The van der Waals surface area contributed by atoms with Crippen molar-refractivity contribution in [1.82, 2.24) is 4.57 Å². The first kappa shape index (κ1) is 16.1. The summed E-state index contributed by atoms with van der Waals surface area (Å²) in [7, 11) is 1.52. The summed E-state index contributed by atoms with van der Waals surface area (Å²) >= 11 is 0. The van der Waals surface area contributed by atoms with Gasteiger partial charge in [-0.05, 0) is 18.6 Å². The average Bonchev–Trinajstić information content (AvgIpc) is 2.54. The Morgan fingerprint density at radius 1 is 1.27 bits per heavy atom. The molecule has 22 heavy (non-hydrogen) atoms. The Bertz CT molecular complexity index is 720. The van der Waals surface area contributed by atoms with Crippen molar-refractivity contribution in [3.63, 3.8) is 0 Å². The molecule has 0 aliphatic rings. The number of methoxy groups -OCH3 is 1. The van der Waals surface area contributed by atoms with Crippen molar-refractivity contribution < 1.29 is 9.94 Å². The smallest absolute Gasteiger partial charge is 0.263 e. The fraction of sp³-hybridized carbons (Fsp3) is 0.412. The minimum Gasteiger partial charge on any atom is -0.495 e. The zero-order chi connectivity index (χ0) is 15.9. The highest BCUT2D eigenvalue weighted by Crippen LogP contribution is 2.26. The van der Waals surface area contributed by atoms with Gasteiger partial charge in [0, 0.05) is 11.9 Å². The molecule has 1 aromatic heterocycles. The number of hydrogen-bond donors (Lipinski definition) is 1. The molecule has 0 fully saturated rings. The lowest BCUT2D eigenvalue weighted by atomic mass is 10.1. The van der Waals surface area contributed by atoms with Crippen LogP contribution in [0.25, 0.3) is 10.9 Å². The molecule has 0 atom stereocenters. The van der Waals surface area contributed by atoms with Crippen LogP contribution in [0.1, 0.15) is 38.2 Å². The van der Waals surface area contributed by atoms with Crippen LogP contribution in [0.4, 0.5) is 0 Å². The fourth-order valence-corrected chi connectivity index (χ4v) is 2.71. The summed E-state index contributed by atoms with van der Waals surface area (Å²) in [5, 5.41) is 12.7. The maximum Gasteiger partial charge on any atom is 0.263 e. The summed E-state index contributed by atoms with van der Waals surface area (Å²) in [4.78, 5) is 12.7. The summed E-state index contributed by atoms with van der Waals surface area (Å²) < 4.78 is 7.11. The number of benzene rings is 1. The molecule has 1 aromatic carbocycles. The molecule has 5 heteroatoms. The van der Waals surface area contributed by atoms with Gasteiger partial charge in [-0.3, -0.25) is 4.79 Å². The van der Waals surface area contributed by atoms with Crippen LogP contribution in [0.2, 0.25) is 0 Å². The lowest BCUT2D eigenvalue weighted by Crippen LogP contribution is -2.25. The van der Waals surface area contributed by atoms with Gasteiger partial charge in [0.2, 0.25) is 0 Å². The van der Waals surface area contributed by atoms with E-state index in [9.17, 15) is 4.79 Å². The predicted molar refractivity (Wildman–Crippen MR) is 88.3 cm³/mol. The van der Waals surface area contributed by atoms with E-state index in [0.29, 0.717) is 12.3 Å². The summed E-state index contributed by atoms with van der Waals surface area (Å²) in [5.41, 5.74) is 0.931. The van der Waals surface area contributed by atoms with E-state index in [-0.39, 0.29) is 11.1 Å². The molecule has 0 aliphatic carbocycles. The molecule has 0 bridgehead atoms. The number of hydrogen-bond acceptors (Lipinski definition) is 4. The number of oxime groups is 1. The minimum absolute atomic E-state index is 0.190. The Labute approximate surface area is 129 Å². The molecular formula is C17H22N2O3. The van der Waals surface area contributed by atoms with Crippen LogP contribution in [0.3, 0.4) is 0 Å². The predicted octanol–water partition coefficient (Wildman–Crippen LogP) is 3.40. The maximum atomic E-state index is 12.7. The number of para-hydroxylation sites is 1. The van der Waals surface area contributed by atoms with Crippen LogP contribution < -0.4 is 10.3 Å². The van der Waals surface area contributed by atoms with Crippen molar-refractivity contribution >= 4 is 17.1 Å². The normalized spacial score (nSPS) is 11.4. The van der Waals surface area contributed by atoms with Crippen LogP contribution >= 0.6 is 0 Å². The second-order valence-electron chi connectivity index (χ2n) is 5.23. The molecule has 0 aliphatic heterocycles. The highest BCUT2D eigenvalue weighted by atomic mass is 16.5. The van der Waals surface area contributed by atoms with Gasteiger partial charge in [-0.15, -0.1) is 0 Å². The molecule has 0 saturated heterocycles. The second kappa shape index (κ2) is 7.64. The zero-order valence-electron chi connectivity index (χ0n) is 13.1. The SMILES string of the molecule is CCCCCCn1c(=O)c(/C=N\O)c(OC)c2ccccc21. The summed E-state index contributed by atoms with van der Waals surface area (Å²) in [6.07, 6.45) is 5.50. The monoisotopic (exact) mass is 302 g/mol. The number of unbranched alkanes of at least 4 members (excludes halogenated alkanes) is 3. The van der Waals surface area contributed by atoms with Gasteiger partial charge in [-0.2, -0.15) is 0 Å². The van der Waals surface area contributed by atoms with Crippen molar-refractivity contribution in [3.8, 4) is 5.75 Å². The van der Waals surface area contributed by atoms with E-state index in [1.807, 2.05) is 24.3 Å². The van der Waals surface area contributed by atoms with Crippen molar-refractivity contribution in [3.05, 3.63) is 40.2 Å². The van der Waals surface area contributed by atoms with Gasteiger partial charge in [0.15, 0.2) is 0 Å². The molecule has 0 spiro atoms. The van der Waals surface area contributed by atoms with Crippen LogP contribution in [-0.2, 0) is 6.54 Å². The number of aromatic nitrogens is 1. The Morgan fingerprint density at radius 3 is 2.73 bits per heavy atom. The fourth-order valence-electron chi connectivity index (χ4n) is 2.71. The first-order valence-corrected chi connectivity index (χ1v) is 7.61. The second-order valence-corrected chi connectivity index (χ2v) is 5.23. The van der Waals surface area contributed by atoms with E-state index in [1.165, 1.54) is 7.11 Å². The van der Waals surface area contributed by atoms with Crippen LogP contribution in [0, 0.1) is 0 Å². The Morgan fingerprint density at radius 2 is 2.05 bits per heavy atom. The highest BCUT2D eigenvalue weighted by molar-refractivity contribution is 5.95. The number of pyridine rings is 1. The molecule has 0 radical (unpaired) electrons. The average molecular weight is 302 g/mol. The summed E-state index contributed by atoms with van der Waals surface area (Å²) in [5.74, 6) is 0.447. The van der Waals surface area contributed by atoms with E-state index in [1.54, 1.807) is 4.57 Å². The van der Waals surface area contributed by atoms with Crippen molar-refractivity contribution in [2.75, 3.05) is 7.11 Å². The first-order valence-electron chi connectivity index (χ1n) is 7.61. The summed E-state index contributed by atoms with van der Waals surface area (Å²) in [6.45, 7) is 2.81. The van der Waals surface area contributed by atoms with Gasteiger partial charge < -0.3 is 14.5 Å². The third-order valence-corrected chi connectivity index (χ3v) is 3.79. The van der Waals surface area contributed by atoms with Crippen molar-refractivity contribution in [2.24, 2.45) is 5.16 Å². The number of aryl methyl sites for hydroxylation is 1. The van der Waals surface area contributed by atoms with E-state index in [4.69, 9.17) is 9.94 Å². The van der Waals surface area contributed by atoms with Crippen LogP contribution in [0.5, 0.6) is 5.75 Å². The van der Waals surface area contributed by atoms with Crippen molar-refractivity contribution in [2.45, 2.75) is 39.2 Å². The van der Waals surface area contributed by atoms with Crippen molar-refractivity contribution in [1.29, 1.82) is 0 Å². The molecular weight excluding hydrogens is 280 g/mol. The molecule has 2 rings (SSSR count). The standard InChI is InChI=1S/C17H22N2O3/c1-3-4-5-8-11-19-15-10-7-6-9-13(15)16(22-2)14(12-18-21)17(19)20/h6-7,9-10,12,21H,3-5,8,11H2,1-2H3/b18-12-. The number of rotatable bonds is 7. The maximum absolute atomic E-state index is 12.7. The molecule has 5 nitrogen and oxygen atoms in total. The summed E-state index contributed by atoms with van der Waals surface area (Å²) in [6, 6.07) is 7.63. The van der Waals surface area contributed by atoms with Gasteiger partial charge in [-0.25, -0.2) is 0 Å². The minimum atomic E-state index is -0.190. The van der Waals surface area contributed by atoms with E-state index in [2.05, 4.69) is 12.1 Å². The van der Waals surface area contributed by atoms with Crippen LogP contribution in [0.15, 0.2) is 34.2 Å². The van der Waals surface area contributed by atoms with Gasteiger partial charge in [0.1, 0.15) is 11.3 Å². The van der Waals surface area contributed by atoms with Gasteiger partial charge in [0.05, 0.1) is 18.8 Å². The lowest BCUT2D eigenvalue weighted by Gasteiger charge is -2.15. The van der Waals surface area contributed by atoms with E-state index >= 15 is 0 Å².